The largest absolute Gasteiger partial charge is 0.493 e. The molecule has 0 saturated heterocycles. The maximum Gasteiger partial charge on any atom is 0.258 e. The molecule has 3 aromatic rings. The minimum absolute atomic E-state index is 0.170. The predicted octanol–water partition coefficient (Wildman–Crippen LogP) is 4.20. The number of unbranched alkanes of at least 4 members (excludes halogenated alkanes) is 3. The summed E-state index contributed by atoms with van der Waals surface area (Å²) in [5.74, 6) is 1.54. The van der Waals surface area contributed by atoms with Crippen LogP contribution in [0.5, 0.6) is 5.75 Å². The van der Waals surface area contributed by atoms with E-state index in [-0.39, 0.29) is 5.56 Å². The van der Waals surface area contributed by atoms with Crippen LogP contribution in [0.2, 0.25) is 0 Å². The quantitative estimate of drug-likeness (QED) is 0.555. The van der Waals surface area contributed by atoms with Crippen molar-refractivity contribution in [3.8, 4) is 5.75 Å². The Morgan fingerprint density at radius 2 is 2.04 bits per heavy atom. The van der Waals surface area contributed by atoms with Gasteiger partial charge in [-0.2, -0.15) is 0 Å². The summed E-state index contributed by atoms with van der Waals surface area (Å²) in [6, 6.07) is 7.93. The number of nitrogens with one attached hydrogen (secondary N) is 2. The van der Waals surface area contributed by atoms with Crippen LogP contribution in [0.1, 0.15) is 43.7 Å². The van der Waals surface area contributed by atoms with Crippen LogP contribution >= 0.6 is 0 Å². The molecule has 0 amide bonds. The maximum atomic E-state index is 11.9. The summed E-state index contributed by atoms with van der Waals surface area (Å²) in [5, 5.41) is 3.80. The first-order valence-electron chi connectivity index (χ1n) is 9.47. The van der Waals surface area contributed by atoms with Crippen LogP contribution in [0.3, 0.4) is 0 Å². The molecule has 0 atom stereocenters. The Bertz CT molecular complexity index is 952. The first kappa shape index (κ1) is 18.9. The Morgan fingerprint density at radius 3 is 2.89 bits per heavy atom. The highest BCUT2D eigenvalue weighted by Crippen LogP contribution is 2.22. The minimum Gasteiger partial charge on any atom is -0.493 e. The number of benzene rings is 1. The first-order chi connectivity index (χ1) is 13.2. The van der Waals surface area contributed by atoms with E-state index >= 15 is 0 Å². The molecule has 0 aliphatic heterocycles. The Balaban J connectivity index is 1.68. The van der Waals surface area contributed by atoms with Crippen molar-refractivity contribution >= 4 is 16.7 Å². The second-order valence-corrected chi connectivity index (χ2v) is 6.69. The fourth-order valence-electron chi connectivity index (χ4n) is 2.91. The average Bonchev–Trinajstić information content (AvgIpc) is 2.67. The zero-order valence-electron chi connectivity index (χ0n) is 15.9. The van der Waals surface area contributed by atoms with Crippen molar-refractivity contribution in [3.63, 3.8) is 0 Å². The number of anilines is 1. The van der Waals surface area contributed by atoms with Gasteiger partial charge in [0.15, 0.2) is 0 Å². The van der Waals surface area contributed by atoms with Crippen molar-refractivity contribution in [1.82, 2.24) is 15.0 Å². The molecular weight excluding hydrogens is 340 g/mol. The SMILES string of the molecule is CCCCCCOc1cc(C)ccc1CNc1cc2c(=O)[nH]cnc2cn1. The molecule has 6 nitrogen and oxygen atoms in total. The second kappa shape index (κ2) is 9.16. The molecule has 0 saturated carbocycles. The van der Waals surface area contributed by atoms with E-state index in [1.807, 2.05) is 0 Å². The molecule has 0 spiro atoms. The van der Waals surface area contributed by atoms with Crippen LogP contribution in [0.25, 0.3) is 10.9 Å². The molecule has 0 radical (unpaired) electrons. The maximum absolute atomic E-state index is 11.9. The van der Waals surface area contributed by atoms with Gasteiger partial charge in [-0.1, -0.05) is 38.3 Å². The fourth-order valence-corrected chi connectivity index (χ4v) is 2.91. The van der Waals surface area contributed by atoms with Gasteiger partial charge in [-0.25, -0.2) is 9.97 Å². The summed E-state index contributed by atoms with van der Waals surface area (Å²) in [5.41, 5.74) is 2.65. The Kier molecular flexibility index (Phi) is 6.41. The van der Waals surface area contributed by atoms with Gasteiger partial charge in [-0.3, -0.25) is 4.79 Å². The van der Waals surface area contributed by atoms with E-state index in [4.69, 9.17) is 4.74 Å². The number of aromatic amines is 1. The van der Waals surface area contributed by atoms with Crippen LogP contribution in [-0.4, -0.2) is 21.6 Å². The number of rotatable bonds is 9. The number of pyridine rings is 1. The second-order valence-electron chi connectivity index (χ2n) is 6.69. The fraction of sp³-hybridized carbons (Fsp3) is 0.381. The van der Waals surface area contributed by atoms with Crippen molar-refractivity contribution in [2.45, 2.75) is 46.1 Å². The van der Waals surface area contributed by atoms with Crippen molar-refractivity contribution in [1.29, 1.82) is 0 Å². The molecule has 3 rings (SSSR count). The molecule has 2 heterocycles. The monoisotopic (exact) mass is 366 g/mol. The highest BCUT2D eigenvalue weighted by molar-refractivity contribution is 5.78. The molecule has 0 aliphatic carbocycles. The molecule has 142 valence electrons. The van der Waals surface area contributed by atoms with Crippen LogP contribution in [0.4, 0.5) is 5.82 Å². The van der Waals surface area contributed by atoms with Gasteiger partial charge in [0.2, 0.25) is 0 Å². The predicted molar refractivity (Wildman–Crippen MR) is 108 cm³/mol. The summed E-state index contributed by atoms with van der Waals surface area (Å²) in [6.45, 7) is 5.56. The lowest BCUT2D eigenvalue weighted by Gasteiger charge is -2.13. The lowest BCUT2D eigenvalue weighted by Crippen LogP contribution is -2.09. The highest BCUT2D eigenvalue weighted by atomic mass is 16.5. The number of hydrogen-bond donors (Lipinski definition) is 2. The van der Waals surface area contributed by atoms with E-state index in [1.54, 1.807) is 12.3 Å². The van der Waals surface area contributed by atoms with Crippen LogP contribution < -0.4 is 15.6 Å². The number of aryl methyl sites for hydroxylation is 1. The van der Waals surface area contributed by atoms with Gasteiger partial charge in [0.05, 0.1) is 30.0 Å². The van der Waals surface area contributed by atoms with Gasteiger partial charge in [0, 0.05) is 12.1 Å². The molecule has 0 unspecified atom stereocenters. The molecule has 27 heavy (non-hydrogen) atoms. The molecular formula is C21H26N4O2. The normalized spacial score (nSPS) is 10.9. The van der Waals surface area contributed by atoms with Crippen LogP contribution in [0, 0.1) is 6.92 Å². The number of fused-ring (bicyclic) bond motifs is 1. The zero-order chi connectivity index (χ0) is 19.1. The average molecular weight is 366 g/mol. The van der Waals surface area contributed by atoms with E-state index in [0.717, 1.165) is 24.3 Å². The molecule has 2 N–H and O–H groups in total. The van der Waals surface area contributed by atoms with E-state index < -0.39 is 0 Å². The van der Waals surface area contributed by atoms with Crippen molar-refractivity contribution in [2.75, 3.05) is 11.9 Å². The van der Waals surface area contributed by atoms with Crippen LogP contribution in [-0.2, 0) is 6.54 Å². The topological polar surface area (TPSA) is 79.9 Å². The third kappa shape index (κ3) is 5.06. The van der Waals surface area contributed by atoms with E-state index in [1.165, 1.54) is 31.2 Å². The first-order valence-corrected chi connectivity index (χ1v) is 9.47. The Hall–Kier alpha value is -2.89. The smallest absolute Gasteiger partial charge is 0.258 e. The lowest BCUT2D eigenvalue weighted by atomic mass is 10.1. The molecule has 0 bridgehead atoms. The van der Waals surface area contributed by atoms with Crippen molar-refractivity contribution in [3.05, 3.63) is 58.3 Å². The van der Waals surface area contributed by atoms with Crippen molar-refractivity contribution < 1.29 is 4.74 Å². The van der Waals surface area contributed by atoms with Gasteiger partial charge in [-0.05, 0) is 31.0 Å². The summed E-state index contributed by atoms with van der Waals surface area (Å²) < 4.78 is 6.02. The summed E-state index contributed by atoms with van der Waals surface area (Å²) in [4.78, 5) is 23.0. The van der Waals surface area contributed by atoms with Gasteiger partial charge in [0.25, 0.3) is 5.56 Å². The molecule has 0 aliphatic rings. The number of ether oxygens (including phenoxy) is 1. The van der Waals surface area contributed by atoms with Crippen molar-refractivity contribution in [2.24, 2.45) is 0 Å². The minimum atomic E-state index is -0.170. The summed E-state index contributed by atoms with van der Waals surface area (Å²) in [7, 11) is 0. The van der Waals surface area contributed by atoms with Gasteiger partial charge in [0.1, 0.15) is 11.6 Å². The van der Waals surface area contributed by atoms with Crippen LogP contribution in [0.15, 0.2) is 41.6 Å². The molecule has 6 heteroatoms. The third-order valence-corrected chi connectivity index (χ3v) is 4.46. The number of aromatic nitrogens is 3. The van der Waals surface area contributed by atoms with Gasteiger partial charge >= 0.3 is 0 Å². The van der Waals surface area contributed by atoms with Gasteiger partial charge < -0.3 is 15.0 Å². The van der Waals surface area contributed by atoms with E-state index in [2.05, 4.69) is 52.3 Å². The number of nitrogens with zero attached hydrogens (tertiary/aromatic N) is 2. The lowest BCUT2D eigenvalue weighted by molar-refractivity contribution is 0.302. The van der Waals surface area contributed by atoms with E-state index in [0.29, 0.717) is 23.3 Å². The molecule has 2 aromatic heterocycles. The number of hydrogen-bond acceptors (Lipinski definition) is 5. The van der Waals surface area contributed by atoms with E-state index in [9.17, 15) is 4.79 Å². The summed E-state index contributed by atoms with van der Waals surface area (Å²) >= 11 is 0. The Morgan fingerprint density at radius 1 is 1.15 bits per heavy atom. The molecule has 1 aromatic carbocycles. The van der Waals surface area contributed by atoms with Gasteiger partial charge in [-0.15, -0.1) is 0 Å². The standard InChI is InChI=1S/C21H26N4O2/c1-3-4-5-6-9-27-19-10-15(2)7-8-16(19)12-22-20-11-17-18(13-23-20)24-14-25-21(17)26/h7-8,10-11,13-14H,3-6,9,12H2,1-2H3,(H,22,23)(H,24,25,26). The Labute approximate surface area is 159 Å². The molecule has 0 fully saturated rings. The third-order valence-electron chi connectivity index (χ3n) is 4.46. The number of H-pyrrole nitrogens is 1. The highest BCUT2D eigenvalue weighted by Gasteiger charge is 2.07. The summed E-state index contributed by atoms with van der Waals surface area (Å²) in [6.07, 6.45) is 7.71. The zero-order valence-corrected chi connectivity index (χ0v) is 15.9.